The first-order valence-corrected chi connectivity index (χ1v) is 10.3. The zero-order valence-corrected chi connectivity index (χ0v) is 14.8. The van der Waals surface area contributed by atoms with Crippen LogP contribution >= 0.6 is 11.3 Å². The van der Waals surface area contributed by atoms with E-state index in [4.69, 9.17) is 0 Å². The van der Waals surface area contributed by atoms with Crippen LogP contribution < -0.4 is 5.32 Å². The Morgan fingerprint density at radius 1 is 1.33 bits per heavy atom. The lowest BCUT2D eigenvalue weighted by atomic mass is 10.0. The van der Waals surface area contributed by atoms with Gasteiger partial charge in [0.2, 0.25) is 15.9 Å². The number of pyridine rings is 1. The molecule has 7 nitrogen and oxygen atoms in total. The second-order valence-electron chi connectivity index (χ2n) is 5.63. The number of piperidine rings is 1. The molecule has 2 aromatic rings. The Morgan fingerprint density at radius 3 is 2.88 bits per heavy atom. The summed E-state index contributed by atoms with van der Waals surface area (Å²) in [4.78, 5) is 21.1. The summed E-state index contributed by atoms with van der Waals surface area (Å²) >= 11 is 1.29. The van der Waals surface area contributed by atoms with Crippen molar-refractivity contribution < 1.29 is 13.2 Å². The maximum atomic E-state index is 12.5. The van der Waals surface area contributed by atoms with Gasteiger partial charge in [-0.05, 0) is 25.0 Å². The Hall–Kier alpha value is -1.84. The molecule has 2 aromatic heterocycles. The van der Waals surface area contributed by atoms with E-state index in [0.29, 0.717) is 23.8 Å². The number of rotatable bonds is 4. The Balaban J connectivity index is 1.74. The van der Waals surface area contributed by atoms with Gasteiger partial charge in [-0.1, -0.05) is 12.5 Å². The SMILES string of the molecule is CS(=O)(=O)N1CCCC[C@@H]1C(=O)Nc1nc(-c2ccccn2)cs1. The van der Waals surface area contributed by atoms with Crippen molar-refractivity contribution in [1.29, 1.82) is 0 Å². The Labute approximate surface area is 144 Å². The molecule has 0 radical (unpaired) electrons. The van der Waals surface area contributed by atoms with E-state index in [-0.39, 0.29) is 5.91 Å². The van der Waals surface area contributed by atoms with E-state index < -0.39 is 16.1 Å². The molecule has 1 N–H and O–H groups in total. The molecular formula is C15H18N4O3S2. The number of nitrogens with zero attached hydrogens (tertiary/aromatic N) is 3. The molecule has 0 aromatic carbocycles. The van der Waals surface area contributed by atoms with Crippen LogP contribution in [-0.2, 0) is 14.8 Å². The fourth-order valence-electron chi connectivity index (χ4n) is 2.72. The molecule has 24 heavy (non-hydrogen) atoms. The third kappa shape index (κ3) is 3.80. The molecule has 1 aliphatic heterocycles. The van der Waals surface area contributed by atoms with Crippen LogP contribution in [0.5, 0.6) is 0 Å². The van der Waals surface area contributed by atoms with E-state index in [2.05, 4.69) is 15.3 Å². The Morgan fingerprint density at radius 2 is 2.17 bits per heavy atom. The number of nitrogens with one attached hydrogen (secondary N) is 1. The molecule has 0 bridgehead atoms. The van der Waals surface area contributed by atoms with Gasteiger partial charge in [0, 0.05) is 18.1 Å². The van der Waals surface area contributed by atoms with Crippen LogP contribution in [0.15, 0.2) is 29.8 Å². The summed E-state index contributed by atoms with van der Waals surface area (Å²) in [6.45, 7) is 0.383. The first-order valence-electron chi connectivity index (χ1n) is 7.60. The molecule has 0 unspecified atom stereocenters. The van der Waals surface area contributed by atoms with Crippen molar-refractivity contribution in [2.45, 2.75) is 25.3 Å². The largest absolute Gasteiger partial charge is 0.301 e. The second-order valence-corrected chi connectivity index (χ2v) is 8.42. The second kappa shape index (κ2) is 6.96. The summed E-state index contributed by atoms with van der Waals surface area (Å²) in [5, 5.41) is 5.00. The van der Waals surface area contributed by atoms with Gasteiger partial charge in [-0.3, -0.25) is 9.78 Å². The third-order valence-electron chi connectivity index (χ3n) is 3.84. The average molecular weight is 366 g/mol. The summed E-state index contributed by atoms with van der Waals surface area (Å²) in [6.07, 6.45) is 4.95. The molecule has 1 aliphatic rings. The van der Waals surface area contributed by atoms with Gasteiger partial charge < -0.3 is 5.32 Å². The first-order chi connectivity index (χ1) is 11.4. The van der Waals surface area contributed by atoms with Crippen molar-refractivity contribution in [2.24, 2.45) is 0 Å². The molecule has 0 spiro atoms. The molecular weight excluding hydrogens is 348 g/mol. The molecule has 1 amide bonds. The minimum Gasteiger partial charge on any atom is -0.301 e. The Kier molecular flexibility index (Phi) is 4.93. The fourth-order valence-corrected chi connectivity index (χ4v) is 4.55. The van der Waals surface area contributed by atoms with E-state index in [0.717, 1.165) is 24.8 Å². The smallest absolute Gasteiger partial charge is 0.244 e. The van der Waals surface area contributed by atoms with Crippen molar-refractivity contribution in [2.75, 3.05) is 18.1 Å². The van der Waals surface area contributed by atoms with E-state index in [1.807, 2.05) is 23.6 Å². The van der Waals surface area contributed by atoms with Gasteiger partial charge in [0.1, 0.15) is 11.7 Å². The first kappa shape index (κ1) is 17.0. The minimum absolute atomic E-state index is 0.331. The molecule has 0 saturated carbocycles. The van der Waals surface area contributed by atoms with Crippen LogP contribution in [0.25, 0.3) is 11.4 Å². The number of amides is 1. The van der Waals surface area contributed by atoms with Gasteiger partial charge in [-0.25, -0.2) is 13.4 Å². The van der Waals surface area contributed by atoms with Gasteiger partial charge >= 0.3 is 0 Å². The highest BCUT2D eigenvalue weighted by molar-refractivity contribution is 7.88. The number of aromatic nitrogens is 2. The highest BCUT2D eigenvalue weighted by Crippen LogP contribution is 2.25. The number of thiazole rings is 1. The van der Waals surface area contributed by atoms with Crippen molar-refractivity contribution in [3.63, 3.8) is 0 Å². The van der Waals surface area contributed by atoms with Crippen LogP contribution in [0.1, 0.15) is 19.3 Å². The van der Waals surface area contributed by atoms with E-state index in [1.165, 1.54) is 15.6 Å². The van der Waals surface area contributed by atoms with Crippen LogP contribution in [0, 0.1) is 0 Å². The van der Waals surface area contributed by atoms with E-state index in [1.54, 1.807) is 6.20 Å². The summed E-state index contributed by atoms with van der Waals surface area (Å²) in [6, 6.07) is 4.86. The van der Waals surface area contributed by atoms with Crippen molar-refractivity contribution in [3.8, 4) is 11.4 Å². The molecule has 1 fully saturated rings. The van der Waals surface area contributed by atoms with Crippen molar-refractivity contribution in [1.82, 2.24) is 14.3 Å². The highest BCUT2D eigenvalue weighted by atomic mass is 32.2. The molecule has 1 saturated heterocycles. The number of anilines is 1. The molecule has 3 heterocycles. The van der Waals surface area contributed by atoms with Gasteiger partial charge in [-0.15, -0.1) is 11.3 Å². The lowest BCUT2D eigenvalue weighted by Crippen LogP contribution is -2.49. The number of hydrogen-bond acceptors (Lipinski definition) is 6. The van der Waals surface area contributed by atoms with Crippen LogP contribution in [0.4, 0.5) is 5.13 Å². The summed E-state index contributed by atoms with van der Waals surface area (Å²) < 4.78 is 25.0. The maximum Gasteiger partial charge on any atom is 0.244 e. The zero-order chi connectivity index (χ0) is 17.2. The lowest BCUT2D eigenvalue weighted by Gasteiger charge is -2.32. The maximum absolute atomic E-state index is 12.5. The van der Waals surface area contributed by atoms with E-state index >= 15 is 0 Å². The molecule has 9 heteroatoms. The van der Waals surface area contributed by atoms with Gasteiger partial charge in [-0.2, -0.15) is 4.31 Å². The molecule has 0 aliphatic carbocycles. The average Bonchev–Trinajstić information content (AvgIpc) is 3.03. The summed E-state index contributed by atoms with van der Waals surface area (Å²) in [5.74, 6) is -0.331. The molecule has 3 rings (SSSR count). The number of sulfonamides is 1. The molecule has 128 valence electrons. The van der Waals surface area contributed by atoms with Crippen LogP contribution in [0.2, 0.25) is 0 Å². The Bertz CT molecular complexity index is 820. The number of hydrogen-bond donors (Lipinski definition) is 1. The molecule has 1 atom stereocenters. The quantitative estimate of drug-likeness (QED) is 0.893. The lowest BCUT2D eigenvalue weighted by molar-refractivity contribution is -0.120. The van der Waals surface area contributed by atoms with Crippen molar-refractivity contribution in [3.05, 3.63) is 29.8 Å². The van der Waals surface area contributed by atoms with Crippen LogP contribution in [-0.4, -0.2) is 47.4 Å². The van der Waals surface area contributed by atoms with Crippen LogP contribution in [0.3, 0.4) is 0 Å². The summed E-state index contributed by atoms with van der Waals surface area (Å²) in [7, 11) is -3.40. The monoisotopic (exact) mass is 366 g/mol. The van der Waals surface area contributed by atoms with E-state index in [9.17, 15) is 13.2 Å². The predicted octanol–water partition coefficient (Wildman–Crippen LogP) is 1.96. The van der Waals surface area contributed by atoms with Gasteiger partial charge in [0.05, 0.1) is 11.9 Å². The normalized spacial score (nSPS) is 19.1. The van der Waals surface area contributed by atoms with Gasteiger partial charge in [0.15, 0.2) is 5.13 Å². The van der Waals surface area contributed by atoms with Gasteiger partial charge in [0.25, 0.3) is 0 Å². The third-order valence-corrected chi connectivity index (χ3v) is 5.89. The summed E-state index contributed by atoms with van der Waals surface area (Å²) in [5.41, 5.74) is 1.41. The standard InChI is InChI=1S/C15H18N4O3S2/c1-24(21,22)19-9-5-3-7-13(19)14(20)18-15-17-12(10-23-15)11-6-2-4-8-16-11/h2,4,6,8,10,13H,3,5,7,9H2,1H3,(H,17,18,20)/t13-/m1/s1. The minimum atomic E-state index is -3.40. The number of carbonyl (C=O) groups is 1. The number of carbonyl (C=O) groups excluding carboxylic acids is 1. The van der Waals surface area contributed by atoms with Crippen molar-refractivity contribution >= 4 is 32.4 Å². The predicted molar refractivity (Wildman–Crippen MR) is 93.2 cm³/mol. The zero-order valence-electron chi connectivity index (χ0n) is 13.2. The highest BCUT2D eigenvalue weighted by Gasteiger charge is 2.34. The topological polar surface area (TPSA) is 92.3 Å². The fraction of sp³-hybridized carbons (Fsp3) is 0.400.